The summed E-state index contributed by atoms with van der Waals surface area (Å²) < 4.78 is 5.67. The summed E-state index contributed by atoms with van der Waals surface area (Å²) in [7, 11) is 0. The molecule has 0 amide bonds. The van der Waals surface area contributed by atoms with E-state index in [1.807, 2.05) is 31.2 Å². The molecular weight excluding hydrogens is 214 g/mol. The van der Waals surface area contributed by atoms with Gasteiger partial charge in [0, 0.05) is 17.3 Å². The van der Waals surface area contributed by atoms with Gasteiger partial charge in [-0.1, -0.05) is 31.2 Å². The molecule has 2 rings (SSSR count). The normalized spacial score (nSPS) is 13.1. The molecular formula is C14H19NO2. The summed E-state index contributed by atoms with van der Waals surface area (Å²) in [6.07, 6.45) is 0.477. The molecule has 1 heterocycles. The number of furan rings is 1. The molecule has 0 radical (unpaired) electrons. The van der Waals surface area contributed by atoms with E-state index in [0.29, 0.717) is 12.3 Å². The summed E-state index contributed by atoms with van der Waals surface area (Å²) >= 11 is 0. The second-order valence-electron chi connectivity index (χ2n) is 4.29. The Bertz CT molecular complexity index is 490. The first-order valence-electron chi connectivity index (χ1n) is 6.10. The fourth-order valence-electron chi connectivity index (χ4n) is 2.04. The SMILES string of the molecule is CCCNCC(O)c1oc(C)c2ccccc12. The van der Waals surface area contributed by atoms with Gasteiger partial charge in [0.25, 0.3) is 0 Å². The smallest absolute Gasteiger partial charge is 0.141 e. The molecule has 1 atom stereocenters. The summed E-state index contributed by atoms with van der Waals surface area (Å²) in [5, 5.41) is 15.4. The highest BCUT2D eigenvalue weighted by molar-refractivity contribution is 5.86. The van der Waals surface area contributed by atoms with E-state index in [4.69, 9.17) is 4.42 Å². The Balaban J connectivity index is 2.23. The van der Waals surface area contributed by atoms with Crippen LogP contribution in [-0.2, 0) is 0 Å². The molecule has 3 heteroatoms. The molecule has 92 valence electrons. The van der Waals surface area contributed by atoms with Gasteiger partial charge in [0.15, 0.2) is 0 Å². The Labute approximate surface area is 101 Å². The molecule has 0 aliphatic carbocycles. The van der Waals surface area contributed by atoms with Crippen LogP contribution in [0.2, 0.25) is 0 Å². The molecule has 17 heavy (non-hydrogen) atoms. The lowest BCUT2D eigenvalue weighted by atomic mass is 10.1. The van der Waals surface area contributed by atoms with E-state index in [9.17, 15) is 5.11 Å². The van der Waals surface area contributed by atoms with Crippen molar-refractivity contribution in [2.75, 3.05) is 13.1 Å². The molecule has 0 saturated heterocycles. The average Bonchev–Trinajstić information content (AvgIpc) is 2.68. The number of benzene rings is 1. The van der Waals surface area contributed by atoms with Crippen molar-refractivity contribution in [3.05, 3.63) is 35.8 Å². The molecule has 2 N–H and O–H groups in total. The van der Waals surface area contributed by atoms with Crippen LogP contribution >= 0.6 is 0 Å². The quantitative estimate of drug-likeness (QED) is 0.780. The Morgan fingerprint density at radius 2 is 2.00 bits per heavy atom. The molecule has 0 aliphatic heterocycles. The first-order chi connectivity index (χ1) is 8.24. The Hall–Kier alpha value is -1.32. The molecule has 0 saturated carbocycles. The lowest BCUT2D eigenvalue weighted by Crippen LogP contribution is -2.21. The number of aryl methyl sites for hydroxylation is 1. The lowest BCUT2D eigenvalue weighted by molar-refractivity contribution is 0.148. The zero-order chi connectivity index (χ0) is 12.3. The van der Waals surface area contributed by atoms with Gasteiger partial charge >= 0.3 is 0 Å². The maximum atomic E-state index is 10.1. The van der Waals surface area contributed by atoms with Crippen molar-refractivity contribution in [3.63, 3.8) is 0 Å². The van der Waals surface area contributed by atoms with Gasteiger partial charge < -0.3 is 14.8 Å². The monoisotopic (exact) mass is 233 g/mol. The third-order valence-corrected chi connectivity index (χ3v) is 2.90. The van der Waals surface area contributed by atoms with Crippen molar-refractivity contribution in [2.24, 2.45) is 0 Å². The van der Waals surface area contributed by atoms with E-state index in [1.54, 1.807) is 0 Å². The minimum atomic E-state index is -0.583. The van der Waals surface area contributed by atoms with Crippen LogP contribution in [0.25, 0.3) is 10.8 Å². The van der Waals surface area contributed by atoms with Crippen molar-refractivity contribution in [1.29, 1.82) is 0 Å². The van der Waals surface area contributed by atoms with E-state index in [-0.39, 0.29) is 0 Å². The van der Waals surface area contributed by atoms with Crippen LogP contribution in [0.4, 0.5) is 0 Å². The van der Waals surface area contributed by atoms with Crippen molar-refractivity contribution in [1.82, 2.24) is 5.32 Å². The zero-order valence-electron chi connectivity index (χ0n) is 10.4. The number of hydrogen-bond acceptors (Lipinski definition) is 3. The number of hydrogen-bond donors (Lipinski definition) is 2. The molecule has 0 fully saturated rings. The summed E-state index contributed by atoms with van der Waals surface area (Å²) in [4.78, 5) is 0. The minimum Gasteiger partial charge on any atom is -0.462 e. The van der Waals surface area contributed by atoms with Crippen LogP contribution in [0, 0.1) is 6.92 Å². The van der Waals surface area contributed by atoms with Gasteiger partial charge in [0.05, 0.1) is 0 Å². The Kier molecular flexibility index (Phi) is 3.82. The van der Waals surface area contributed by atoms with E-state index >= 15 is 0 Å². The standard InChI is InChI=1S/C14H19NO2/c1-3-8-15-9-13(16)14-12-7-5-4-6-11(12)10(2)17-14/h4-7,13,15-16H,3,8-9H2,1-2H3. The van der Waals surface area contributed by atoms with Crippen LogP contribution in [0.5, 0.6) is 0 Å². The summed E-state index contributed by atoms with van der Waals surface area (Å²) in [5.74, 6) is 1.53. The van der Waals surface area contributed by atoms with Crippen molar-refractivity contribution < 1.29 is 9.52 Å². The first kappa shape index (κ1) is 12.1. The second-order valence-corrected chi connectivity index (χ2v) is 4.29. The highest BCUT2D eigenvalue weighted by Crippen LogP contribution is 2.29. The fraction of sp³-hybridized carbons (Fsp3) is 0.429. The van der Waals surface area contributed by atoms with Gasteiger partial charge in [-0.3, -0.25) is 0 Å². The molecule has 0 aliphatic rings. The highest BCUT2D eigenvalue weighted by atomic mass is 16.4. The van der Waals surface area contributed by atoms with Crippen molar-refractivity contribution >= 4 is 10.8 Å². The molecule has 0 spiro atoms. The van der Waals surface area contributed by atoms with Gasteiger partial charge in [-0.25, -0.2) is 0 Å². The van der Waals surface area contributed by atoms with Gasteiger partial charge in [-0.05, 0) is 19.9 Å². The number of aliphatic hydroxyl groups is 1. The van der Waals surface area contributed by atoms with Gasteiger partial charge in [0.1, 0.15) is 17.6 Å². The zero-order valence-corrected chi connectivity index (χ0v) is 10.4. The minimum absolute atomic E-state index is 0.533. The third-order valence-electron chi connectivity index (χ3n) is 2.90. The van der Waals surface area contributed by atoms with Crippen molar-refractivity contribution in [3.8, 4) is 0 Å². The first-order valence-corrected chi connectivity index (χ1v) is 6.10. The highest BCUT2D eigenvalue weighted by Gasteiger charge is 2.16. The predicted molar refractivity (Wildman–Crippen MR) is 69.1 cm³/mol. The second kappa shape index (κ2) is 5.34. The van der Waals surface area contributed by atoms with Crippen LogP contribution in [0.1, 0.15) is 31.0 Å². The summed E-state index contributed by atoms with van der Waals surface area (Å²) in [6.45, 7) is 5.48. The van der Waals surface area contributed by atoms with Crippen molar-refractivity contribution in [2.45, 2.75) is 26.4 Å². The number of rotatable bonds is 5. The van der Waals surface area contributed by atoms with Gasteiger partial charge in [0.2, 0.25) is 0 Å². The van der Waals surface area contributed by atoms with E-state index in [0.717, 1.165) is 29.5 Å². The maximum absolute atomic E-state index is 10.1. The van der Waals surface area contributed by atoms with Crippen LogP contribution in [0.3, 0.4) is 0 Å². The molecule has 1 aromatic heterocycles. The topological polar surface area (TPSA) is 45.4 Å². The van der Waals surface area contributed by atoms with Gasteiger partial charge in [-0.2, -0.15) is 0 Å². The molecule has 2 aromatic rings. The largest absolute Gasteiger partial charge is 0.462 e. The van der Waals surface area contributed by atoms with Crippen LogP contribution in [-0.4, -0.2) is 18.2 Å². The average molecular weight is 233 g/mol. The maximum Gasteiger partial charge on any atom is 0.141 e. The molecule has 1 aromatic carbocycles. The van der Waals surface area contributed by atoms with Gasteiger partial charge in [-0.15, -0.1) is 0 Å². The molecule has 0 bridgehead atoms. The molecule has 3 nitrogen and oxygen atoms in total. The Morgan fingerprint density at radius 1 is 1.29 bits per heavy atom. The summed E-state index contributed by atoms with van der Waals surface area (Å²) in [6, 6.07) is 7.96. The number of nitrogens with one attached hydrogen (secondary N) is 1. The fourth-order valence-corrected chi connectivity index (χ4v) is 2.04. The lowest BCUT2D eigenvalue weighted by Gasteiger charge is -2.09. The van der Waals surface area contributed by atoms with Crippen LogP contribution in [0.15, 0.2) is 28.7 Å². The number of aliphatic hydroxyl groups excluding tert-OH is 1. The third kappa shape index (κ3) is 2.51. The predicted octanol–water partition coefficient (Wildman–Crippen LogP) is 2.77. The van der Waals surface area contributed by atoms with E-state index in [1.165, 1.54) is 0 Å². The van der Waals surface area contributed by atoms with E-state index < -0.39 is 6.10 Å². The van der Waals surface area contributed by atoms with E-state index in [2.05, 4.69) is 12.2 Å². The van der Waals surface area contributed by atoms with Crippen LogP contribution < -0.4 is 5.32 Å². The molecule has 1 unspecified atom stereocenters. The summed E-state index contributed by atoms with van der Waals surface area (Å²) in [5.41, 5.74) is 0. The Morgan fingerprint density at radius 3 is 2.71 bits per heavy atom. The number of fused-ring (bicyclic) bond motifs is 1.